The minimum Gasteiger partial charge on any atom is -0.399 e. The Morgan fingerprint density at radius 1 is 1.17 bits per heavy atom. The first kappa shape index (κ1) is 15.2. The molecule has 4 rings (SSSR count). The number of aryl methyl sites for hydroxylation is 1. The molecule has 0 atom stereocenters. The molecule has 1 aromatic heterocycles. The molecule has 2 fully saturated rings. The Bertz CT molecular complexity index is 779. The molecule has 122 valence electrons. The second-order valence-corrected chi connectivity index (χ2v) is 7.72. The Labute approximate surface area is 136 Å². The molecule has 2 aliphatic rings. The summed E-state index contributed by atoms with van der Waals surface area (Å²) in [4.78, 5) is 4.41. The Hall–Kier alpha value is -1.40. The van der Waals surface area contributed by atoms with Crippen LogP contribution in [0.25, 0.3) is 11.0 Å². The molecular weight excluding hydrogens is 294 g/mol. The van der Waals surface area contributed by atoms with Crippen molar-refractivity contribution >= 4 is 23.6 Å². The number of nitrogens with zero attached hydrogens (tertiary/aromatic N) is 2. The molecular formula is C17H22BFN2O2. The number of rotatable bonds is 2. The summed E-state index contributed by atoms with van der Waals surface area (Å²) in [6, 6.07) is 3.92. The molecule has 4 nitrogen and oxygen atoms in total. The van der Waals surface area contributed by atoms with E-state index in [1.165, 1.54) is 6.07 Å². The summed E-state index contributed by atoms with van der Waals surface area (Å²) >= 11 is 0. The summed E-state index contributed by atoms with van der Waals surface area (Å²) in [6.07, 6.45) is 2.27. The van der Waals surface area contributed by atoms with Crippen molar-refractivity contribution in [2.45, 2.75) is 64.7 Å². The number of aromatic nitrogens is 2. The van der Waals surface area contributed by atoms with Crippen molar-refractivity contribution in [2.24, 2.45) is 0 Å². The van der Waals surface area contributed by atoms with Gasteiger partial charge in [0.1, 0.15) is 11.3 Å². The maximum Gasteiger partial charge on any atom is 0.495 e. The third kappa shape index (κ3) is 2.23. The number of benzene rings is 1. The van der Waals surface area contributed by atoms with E-state index in [4.69, 9.17) is 9.31 Å². The summed E-state index contributed by atoms with van der Waals surface area (Å²) in [5, 5.41) is 0. The lowest BCUT2D eigenvalue weighted by Crippen LogP contribution is -2.41. The molecule has 1 saturated heterocycles. The smallest absolute Gasteiger partial charge is 0.399 e. The summed E-state index contributed by atoms with van der Waals surface area (Å²) < 4.78 is 28.8. The molecule has 1 saturated carbocycles. The van der Waals surface area contributed by atoms with Crippen LogP contribution in [0.4, 0.5) is 4.39 Å². The zero-order valence-corrected chi connectivity index (χ0v) is 14.3. The summed E-state index contributed by atoms with van der Waals surface area (Å²) in [5.41, 5.74) is 1.13. The van der Waals surface area contributed by atoms with E-state index in [9.17, 15) is 4.39 Å². The van der Waals surface area contributed by atoms with Crippen LogP contribution in [0.5, 0.6) is 0 Å². The lowest BCUT2D eigenvalue weighted by molar-refractivity contribution is 0.00578. The summed E-state index contributed by atoms with van der Waals surface area (Å²) in [6.45, 7) is 9.94. The van der Waals surface area contributed by atoms with Gasteiger partial charge in [0, 0.05) is 6.04 Å². The van der Waals surface area contributed by atoms with Gasteiger partial charge in [-0.25, -0.2) is 9.37 Å². The van der Waals surface area contributed by atoms with Gasteiger partial charge in [-0.1, -0.05) is 0 Å². The van der Waals surface area contributed by atoms with Gasteiger partial charge in [0.25, 0.3) is 0 Å². The van der Waals surface area contributed by atoms with Crippen molar-refractivity contribution in [2.75, 3.05) is 0 Å². The van der Waals surface area contributed by atoms with E-state index in [1.54, 1.807) is 0 Å². The highest BCUT2D eigenvalue weighted by Gasteiger charge is 2.52. The average Bonchev–Trinajstić information content (AvgIpc) is 3.15. The summed E-state index contributed by atoms with van der Waals surface area (Å²) in [7, 11) is -0.554. The molecule has 0 N–H and O–H groups in total. The first-order valence-electron chi connectivity index (χ1n) is 8.23. The predicted octanol–water partition coefficient (Wildman–Crippen LogP) is 3.12. The van der Waals surface area contributed by atoms with E-state index in [-0.39, 0.29) is 5.82 Å². The molecule has 0 spiro atoms. The van der Waals surface area contributed by atoms with Crippen LogP contribution in [-0.4, -0.2) is 27.9 Å². The van der Waals surface area contributed by atoms with Crippen LogP contribution in [0.3, 0.4) is 0 Å². The molecule has 1 aliphatic carbocycles. The number of hydrogen-bond donors (Lipinski definition) is 0. The fraction of sp³-hybridized carbons (Fsp3) is 0.588. The molecule has 2 heterocycles. The molecule has 1 aromatic carbocycles. The van der Waals surface area contributed by atoms with Gasteiger partial charge in [0.05, 0.1) is 16.7 Å². The molecule has 23 heavy (non-hydrogen) atoms. The quantitative estimate of drug-likeness (QED) is 0.799. The molecule has 0 radical (unpaired) electrons. The van der Waals surface area contributed by atoms with Gasteiger partial charge >= 0.3 is 7.12 Å². The Morgan fingerprint density at radius 2 is 1.78 bits per heavy atom. The number of halogens is 1. The number of fused-ring (bicyclic) bond motifs is 1. The highest BCUT2D eigenvalue weighted by atomic mass is 19.1. The fourth-order valence-corrected chi connectivity index (χ4v) is 3.20. The second kappa shape index (κ2) is 4.58. The van der Waals surface area contributed by atoms with E-state index in [0.717, 1.165) is 29.6 Å². The Morgan fingerprint density at radius 3 is 2.35 bits per heavy atom. The van der Waals surface area contributed by atoms with Crippen LogP contribution in [0.15, 0.2) is 12.1 Å². The predicted molar refractivity (Wildman–Crippen MR) is 88.4 cm³/mol. The zero-order valence-electron chi connectivity index (χ0n) is 14.3. The molecule has 1 aliphatic heterocycles. The minimum atomic E-state index is -0.554. The number of hydrogen-bond acceptors (Lipinski definition) is 3. The Balaban J connectivity index is 1.81. The molecule has 2 aromatic rings. The lowest BCUT2D eigenvalue weighted by atomic mass is 9.79. The average molecular weight is 316 g/mol. The van der Waals surface area contributed by atoms with Gasteiger partial charge in [-0.3, -0.25) is 0 Å². The SMILES string of the molecule is Cc1nc2c(F)cc(B3OC(C)(C)C(C)(C)O3)cc2n1C1CC1. The maximum absolute atomic E-state index is 14.6. The summed E-state index contributed by atoms with van der Waals surface area (Å²) in [5.74, 6) is 0.558. The van der Waals surface area contributed by atoms with E-state index in [0.29, 0.717) is 11.6 Å². The van der Waals surface area contributed by atoms with Crippen LogP contribution in [0.2, 0.25) is 0 Å². The van der Waals surface area contributed by atoms with Crippen molar-refractivity contribution in [3.8, 4) is 0 Å². The van der Waals surface area contributed by atoms with E-state index in [1.807, 2.05) is 40.7 Å². The van der Waals surface area contributed by atoms with Crippen LogP contribution < -0.4 is 5.46 Å². The van der Waals surface area contributed by atoms with Crippen LogP contribution in [0, 0.1) is 12.7 Å². The van der Waals surface area contributed by atoms with Crippen LogP contribution in [0.1, 0.15) is 52.4 Å². The van der Waals surface area contributed by atoms with Crippen molar-refractivity contribution in [3.63, 3.8) is 0 Å². The standard InChI is InChI=1S/C17H22BFN2O2/c1-10-20-15-13(19)8-11(9-14(15)21(10)12-6-7-12)18-22-16(2,3)17(4,5)23-18/h8-9,12H,6-7H2,1-5H3. The second-order valence-electron chi connectivity index (χ2n) is 7.72. The Kier molecular flexibility index (Phi) is 3.01. The van der Waals surface area contributed by atoms with E-state index >= 15 is 0 Å². The molecule has 0 bridgehead atoms. The van der Waals surface area contributed by atoms with E-state index in [2.05, 4.69) is 9.55 Å². The van der Waals surface area contributed by atoms with Gasteiger partial charge < -0.3 is 13.9 Å². The van der Waals surface area contributed by atoms with E-state index < -0.39 is 18.3 Å². The molecule has 0 unspecified atom stereocenters. The van der Waals surface area contributed by atoms with Crippen molar-refractivity contribution in [3.05, 3.63) is 23.8 Å². The monoisotopic (exact) mass is 316 g/mol. The fourth-order valence-electron chi connectivity index (χ4n) is 3.20. The first-order chi connectivity index (χ1) is 10.7. The highest BCUT2D eigenvalue weighted by molar-refractivity contribution is 6.62. The highest BCUT2D eigenvalue weighted by Crippen LogP contribution is 2.39. The third-order valence-electron chi connectivity index (χ3n) is 5.38. The van der Waals surface area contributed by atoms with Crippen LogP contribution >= 0.6 is 0 Å². The van der Waals surface area contributed by atoms with Crippen molar-refractivity contribution in [1.82, 2.24) is 9.55 Å². The van der Waals surface area contributed by atoms with Crippen molar-refractivity contribution in [1.29, 1.82) is 0 Å². The third-order valence-corrected chi connectivity index (χ3v) is 5.38. The normalized spacial score (nSPS) is 23.0. The molecule has 6 heteroatoms. The zero-order chi connectivity index (χ0) is 16.6. The van der Waals surface area contributed by atoms with Gasteiger partial charge in [0.15, 0.2) is 5.82 Å². The van der Waals surface area contributed by atoms with Gasteiger partial charge in [-0.15, -0.1) is 0 Å². The van der Waals surface area contributed by atoms with Crippen LogP contribution in [-0.2, 0) is 9.31 Å². The largest absolute Gasteiger partial charge is 0.495 e. The minimum absolute atomic E-state index is 0.310. The molecule has 0 amide bonds. The van der Waals surface area contributed by atoms with Crippen molar-refractivity contribution < 1.29 is 13.7 Å². The first-order valence-corrected chi connectivity index (χ1v) is 8.23. The van der Waals surface area contributed by atoms with Gasteiger partial charge in [-0.2, -0.15) is 0 Å². The lowest BCUT2D eigenvalue weighted by Gasteiger charge is -2.32. The van der Waals surface area contributed by atoms with Gasteiger partial charge in [0.2, 0.25) is 0 Å². The topological polar surface area (TPSA) is 36.3 Å². The van der Waals surface area contributed by atoms with Gasteiger partial charge in [-0.05, 0) is 65.1 Å². The number of imidazole rings is 1. The maximum atomic E-state index is 14.6.